The van der Waals surface area contributed by atoms with E-state index in [1.807, 2.05) is 24.3 Å². The van der Waals surface area contributed by atoms with Crippen molar-refractivity contribution in [2.45, 2.75) is 32.1 Å². The predicted molar refractivity (Wildman–Crippen MR) is 111 cm³/mol. The molecule has 4 nitrogen and oxygen atoms in total. The van der Waals surface area contributed by atoms with Crippen molar-refractivity contribution in [3.8, 4) is 0 Å². The van der Waals surface area contributed by atoms with E-state index in [2.05, 4.69) is 15.2 Å². The number of hydrogen-bond donors (Lipinski definition) is 1. The quantitative estimate of drug-likeness (QED) is 0.665. The van der Waals surface area contributed by atoms with Crippen molar-refractivity contribution in [3.05, 3.63) is 66.1 Å². The fraction of sp³-hybridized carbons (Fsp3) is 0.304. The fourth-order valence-electron chi connectivity index (χ4n) is 3.71. The number of pyridine rings is 1. The number of aromatic nitrogens is 1. The average molecular weight is 377 g/mol. The van der Waals surface area contributed by atoms with Gasteiger partial charge in [0.2, 0.25) is 0 Å². The van der Waals surface area contributed by atoms with Crippen LogP contribution in [0.4, 0.5) is 15.8 Å². The minimum absolute atomic E-state index is 0.225. The summed E-state index contributed by atoms with van der Waals surface area (Å²) in [5.74, 6) is -0.574. The van der Waals surface area contributed by atoms with Crippen molar-refractivity contribution in [2.24, 2.45) is 0 Å². The van der Waals surface area contributed by atoms with Crippen molar-refractivity contribution in [1.82, 2.24) is 4.98 Å². The first-order valence-electron chi connectivity index (χ1n) is 9.91. The van der Waals surface area contributed by atoms with Gasteiger partial charge in [0.15, 0.2) is 0 Å². The zero-order chi connectivity index (χ0) is 19.3. The maximum Gasteiger partial charge on any atom is 0.255 e. The summed E-state index contributed by atoms with van der Waals surface area (Å²) < 4.78 is 13.9. The van der Waals surface area contributed by atoms with Gasteiger partial charge in [-0.05, 0) is 55.3 Å². The van der Waals surface area contributed by atoms with E-state index in [-0.39, 0.29) is 11.7 Å². The zero-order valence-corrected chi connectivity index (χ0v) is 15.8. The Hall–Kier alpha value is -2.95. The Morgan fingerprint density at radius 1 is 0.964 bits per heavy atom. The second-order valence-electron chi connectivity index (χ2n) is 7.29. The van der Waals surface area contributed by atoms with Crippen molar-refractivity contribution in [3.63, 3.8) is 0 Å². The summed E-state index contributed by atoms with van der Waals surface area (Å²) in [5.41, 5.74) is 2.78. The first-order valence-corrected chi connectivity index (χ1v) is 9.91. The maximum absolute atomic E-state index is 13.9. The van der Waals surface area contributed by atoms with Crippen molar-refractivity contribution in [2.75, 3.05) is 23.3 Å². The number of nitrogens with one attached hydrogen (secondary N) is 1. The lowest BCUT2D eigenvalue weighted by molar-refractivity contribution is 0.102. The highest BCUT2D eigenvalue weighted by molar-refractivity contribution is 6.05. The fourth-order valence-corrected chi connectivity index (χ4v) is 3.71. The molecular formula is C23H24FN3O. The molecular weight excluding hydrogens is 353 g/mol. The summed E-state index contributed by atoms with van der Waals surface area (Å²) in [6.45, 7) is 2.14. The van der Waals surface area contributed by atoms with Gasteiger partial charge < -0.3 is 10.2 Å². The van der Waals surface area contributed by atoms with E-state index >= 15 is 0 Å². The molecule has 0 unspecified atom stereocenters. The summed E-state index contributed by atoms with van der Waals surface area (Å²) in [5, 5.41) is 3.21. The summed E-state index contributed by atoms with van der Waals surface area (Å²) in [6, 6.07) is 14.1. The largest absolute Gasteiger partial charge is 0.372 e. The van der Waals surface area contributed by atoms with Gasteiger partial charge in [0, 0.05) is 29.7 Å². The van der Waals surface area contributed by atoms with Gasteiger partial charge in [-0.25, -0.2) is 4.39 Å². The molecule has 0 radical (unpaired) electrons. The monoisotopic (exact) mass is 377 g/mol. The minimum atomic E-state index is -0.348. The Morgan fingerprint density at radius 2 is 1.68 bits per heavy atom. The van der Waals surface area contributed by atoms with Crippen LogP contribution in [-0.4, -0.2) is 24.0 Å². The predicted octanol–water partition coefficient (Wildman–Crippen LogP) is 5.40. The lowest BCUT2D eigenvalue weighted by atomic mass is 10.1. The number of carbonyl (C=O) groups excluding carboxylic acids is 1. The first-order chi connectivity index (χ1) is 13.7. The van der Waals surface area contributed by atoms with Crippen LogP contribution in [0.2, 0.25) is 0 Å². The van der Waals surface area contributed by atoms with Crippen LogP contribution in [0.3, 0.4) is 0 Å². The van der Waals surface area contributed by atoms with Crippen LogP contribution < -0.4 is 10.2 Å². The van der Waals surface area contributed by atoms with Gasteiger partial charge in [-0.15, -0.1) is 0 Å². The molecule has 1 fully saturated rings. The molecule has 0 aliphatic carbocycles. The maximum atomic E-state index is 13.9. The number of benzene rings is 2. The van der Waals surface area contributed by atoms with Gasteiger partial charge in [-0.3, -0.25) is 9.78 Å². The van der Waals surface area contributed by atoms with Crippen molar-refractivity contribution < 1.29 is 9.18 Å². The van der Waals surface area contributed by atoms with E-state index < -0.39 is 0 Å². The summed E-state index contributed by atoms with van der Waals surface area (Å²) >= 11 is 0. The molecule has 5 heteroatoms. The number of anilines is 2. The van der Waals surface area contributed by atoms with Crippen LogP contribution in [-0.2, 0) is 0 Å². The first kappa shape index (κ1) is 18.4. The molecule has 0 saturated carbocycles. The SMILES string of the molecule is O=C(Nc1cnc2cccc(F)c2c1)c1ccc(N2CCCCCCC2)cc1. The molecule has 28 heavy (non-hydrogen) atoms. The Balaban J connectivity index is 1.47. The van der Waals surface area contributed by atoms with Crippen LogP contribution >= 0.6 is 0 Å². The van der Waals surface area contributed by atoms with Gasteiger partial charge >= 0.3 is 0 Å². The molecule has 4 rings (SSSR count). The van der Waals surface area contributed by atoms with Crippen LogP contribution in [0.15, 0.2) is 54.7 Å². The molecule has 1 N–H and O–H groups in total. The Labute approximate surface area is 164 Å². The third kappa shape index (κ3) is 4.14. The van der Waals surface area contributed by atoms with Gasteiger partial charge in [-0.1, -0.05) is 25.3 Å². The van der Waals surface area contributed by atoms with Crippen molar-refractivity contribution in [1.29, 1.82) is 0 Å². The lowest BCUT2D eigenvalue weighted by Gasteiger charge is -2.27. The number of fused-ring (bicyclic) bond motifs is 1. The summed E-state index contributed by atoms with van der Waals surface area (Å²) in [7, 11) is 0. The molecule has 1 amide bonds. The number of rotatable bonds is 3. The third-order valence-corrected chi connectivity index (χ3v) is 5.28. The standard InChI is InChI=1S/C23H24FN3O/c24-21-7-6-8-22-20(21)15-18(16-25-22)26-23(28)17-9-11-19(12-10-17)27-13-4-2-1-3-5-14-27/h6-12,15-16H,1-5,13-14H2,(H,26,28). The molecule has 0 spiro atoms. The number of hydrogen-bond acceptors (Lipinski definition) is 3. The van der Waals surface area contributed by atoms with E-state index in [1.165, 1.54) is 38.2 Å². The summed E-state index contributed by atoms with van der Waals surface area (Å²) in [4.78, 5) is 19.2. The van der Waals surface area contributed by atoms with Crippen LogP contribution in [0.25, 0.3) is 10.9 Å². The smallest absolute Gasteiger partial charge is 0.255 e. The molecule has 0 atom stereocenters. The normalized spacial score (nSPS) is 15.1. The molecule has 2 heterocycles. The van der Waals surface area contributed by atoms with E-state index in [0.29, 0.717) is 22.2 Å². The number of nitrogens with zero attached hydrogens (tertiary/aromatic N) is 2. The molecule has 1 aliphatic heterocycles. The zero-order valence-electron chi connectivity index (χ0n) is 15.8. The third-order valence-electron chi connectivity index (χ3n) is 5.28. The molecule has 1 saturated heterocycles. The molecule has 0 bridgehead atoms. The molecule has 1 aromatic heterocycles. The number of halogens is 1. The molecule has 2 aromatic carbocycles. The molecule has 144 valence electrons. The lowest BCUT2D eigenvalue weighted by Crippen LogP contribution is -2.27. The Morgan fingerprint density at radius 3 is 2.43 bits per heavy atom. The van der Waals surface area contributed by atoms with E-state index in [0.717, 1.165) is 18.8 Å². The van der Waals surface area contributed by atoms with Gasteiger partial charge in [0.05, 0.1) is 17.4 Å². The van der Waals surface area contributed by atoms with Crippen molar-refractivity contribution >= 4 is 28.2 Å². The summed E-state index contributed by atoms with van der Waals surface area (Å²) in [6.07, 6.45) is 7.89. The second kappa shape index (κ2) is 8.38. The second-order valence-corrected chi connectivity index (χ2v) is 7.29. The van der Waals surface area contributed by atoms with E-state index in [1.54, 1.807) is 24.4 Å². The van der Waals surface area contributed by atoms with Crippen LogP contribution in [0.1, 0.15) is 42.5 Å². The number of amides is 1. The minimum Gasteiger partial charge on any atom is -0.372 e. The average Bonchev–Trinajstić information content (AvgIpc) is 2.69. The van der Waals surface area contributed by atoms with Crippen LogP contribution in [0, 0.1) is 5.82 Å². The van der Waals surface area contributed by atoms with E-state index in [4.69, 9.17) is 0 Å². The number of carbonyl (C=O) groups is 1. The van der Waals surface area contributed by atoms with Gasteiger partial charge in [0.25, 0.3) is 5.91 Å². The topological polar surface area (TPSA) is 45.2 Å². The highest BCUT2D eigenvalue weighted by Crippen LogP contribution is 2.22. The van der Waals surface area contributed by atoms with E-state index in [9.17, 15) is 9.18 Å². The highest BCUT2D eigenvalue weighted by Gasteiger charge is 2.12. The highest BCUT2D eigenvalue weighted by atomic mass is 19.1. The van der Waals surface area contributed by atoms with Gasteiger partial charge in [-0.2, -0.15) is 0 Å². The van der Waals surface area contributed by atoms with Gasteiger partial charge in [0.1, 0.15) is 5.82 Å². The van der Waals surface area contributed by atoms with Crippen LogP contribution in [0.5, 0.6) is 0 Å². The Bertz CT molecular complexity index is 963. The molecule has 3 aromatic rings. The molecule has 1 aliphatic rings. The Kier molecular flexibility index (Phi) is 5.51.